The molecule has 0 aliphatic rings. The normalized spacial score (nSPS) is 11.6. The highest BCUT2D eigenvalue weighted by atomic mass is 35.5. The molecule has 214 valence electrons. The molecule has 3 rings (SSSR count). The van der Waals surface area contributed by atoms with Gasteiger partial charge in [0.05, 0.1) is 12.7 Å². The predicted octanol–water partition coefficient (Wildman–Crippen LogP) is 11.0. The van der Waals surface area contributed by atoms with Gasteiger partial charge in [0.25, 0.3) is 0 Å². The highest BCUT2D eigenvalue weighted by molar-refractivity contribution is 6.36. The summed E-state index contributed by atoms with van der Waals surface area (Å²) in [5.41, 5.74) is 1.90. The lowest BCUT2D eigenvalue weighted by molar-refractivity contribution is 0.0598. The van der Waals surface area contributed by atoms with Crippen molar-refractivity contribution in [1.82, 2.24) is 0 Å². The molecule has 0 amide bonds. The van der Waals surface area contributed by atoms with Gasteiger partial charge in [-0.25, -0.2) is 13.6 Å². The number of carbonyl (C=O) groups is 1. The second-order valence-electron chi connectivity index (χ2n) is 12.1. The Kier molecular flexibility index (Phi) is 12.5. The monoisotopic (exact) mass is 598 g/mol. The summed E-state index contributed by atoms with van der Waals surface area (Å²) >= 11 is 18.2. The van der Waals surface area contributed by atoms with Crippen molar-refractivity contribution in [2.24, 2.45) is 0 Å². The Morgan fingerprint density at radius 1 is 0.590 bits per heavy atom. The summed E-state index contributed by atoms with van der Waals surface area (Å²) in [5, 5.41) is 2.09. The molecule has 0 atom stereocenters. The lowest BCUT2D eigenvalue weighted by atomic mass is 9.83. The summed E-state index contributed by atoms with van der Waals surface area (Å²) in [5.74, 6) is -1.28. The molecule has 3 aromatic carbocycles. The van der Waals surface area contributed by atoms with Gasteiger partial charge in [-0.2, -0.15) is 0 Å². The van der Waals surface area contributed by atoms with Gasteiger partial charge >= 0.3 is 5.97 Å². The molecule has 2 nitrogen and oxygen atoms in total. The lowest BCUT2D eigenvalue weighted by Crippen LogP contribution is -2.18. The molecule has 0 fully saturated rings. The topological polar surface area (TPSA) is 26.3 Å². The minimum absolute atomic E-state index is 0.00935. The third kappa shape index (κ3) is 10.1. The lowest BCUT2D eigenvalue weighted by Gasteiger charge is -2.23. The Morgan fingerprint density at radius 2 is 0.923 bits per heavy atom. The maximum absolute atomic E-state index is 13.1. The van der Waals surface area contributed by atoms with Crippen LogP contribution in [0.4, 0.5) is 8.78 Å². The van der Waals surface area contributed by atoms with Crippen molar-refractivity contribution in [3.8, 4) is 0 Å². The number of esters is 1. The smallest absolute Gasteiger partial charge is 0.338 e. The molecule has 0 bridgehead atoms. The first-order valence-electron chi connectivity index (χ1n) is 12.5. The van der Waals surface area contributed by atoms with Crippen molar-refractivity contribution >= 4 is 40.8 Å². The van der Waals surface area contributed by atoms with Gasteiger partial charge in [0.2, 0.25) is 0 Å². The van der Waals surface area contributed by atoms with Gasteiger partial charge in [-0.1, -0.05) is 115 Å². The van der Waals surface area contributed by atoms with Crippen LogP contribution in [0.3, 0.4) is 0 Å². The Balaban J connectivity index is 0.000000295. The van der Waals surface area contributed by atoms with Gasteiger partial charge in [-0.15, -0.1) is 0 Å². The number of ether oxygens (including phenoxy) is 1. The summed E-state index contributed by atoms with van der Waals surface area (Å²) < 4.78 is 30.9. The third-order valence-corrected chi connectivity index (χ3v) is 6.54. The van der Waals surface area contributed by atoms with Crippen LogP contribution in [-0.4, -0.2) is 13.1 Å². The summed E-state index contributed by atoms with van der Waals surface area (Å²) in [4.78, 5) is 11.6. The van der Waals surface area contributed by atoms with E-state index >= 15 is 0 Å². The van der Waals surface area contributed by atoms with E-state index in [-0.39, 0.29) is 22.4 Å². The van der Waals surface area contributed by atoms with E-state index in [0.29, 0.717) is 10.6 Å². The van der Waals surface area contributed by atoms with Gasteiger partial charge in [0, 0.05) is 20.6 Å². The maximum atomic E-state index is 13.1. The average molecular weight is 600 g/mol. The second kappa shape index (κ2) is 14.0. The Bertz CT molecular complexity index is 1170. The van der Waals surface area contributed by atoms with E-state index in [0.717, 1.165) is 21.2 Å². The minimum Gasteiger partial charge on any atom is -0.465 e. The molecule has 7 heteroatoms. The van der Waals surface area contributed by atoms with Gasteiger partial charge < -0.3 is 4.74 Å². The van der Waals surface area contributed by atoms with Crippen molar-refractivity contribution in [2.45, 2.75) is 78.6 Å². The average Bonchev–Trinajstić information content (AvgIpc) is 2.76. The number of hydrogen-bond acceptors (Lipinski definition) is 2. The van der Waals surface area contributed by atoms with Crippen LogP contribution in [0.5, 0.6) is 0 Å². The molecule has 0 saturated heterocycles. The molecule has 0 heterocycles. The molecule has 3 aromatic rings. The number of benzene rings is 3. The van der Waals surface area contributed by atoms with Crippen LogP contribution < -0.4 is 0 Å². The molecule has 0 unspecified atom stereocenters. The molecular formula is C32H39Cl3F2O2. The van der Waals surface area contributed by atoms with E-state index in [1.165, 1.54) is 25.3 Å². The Morgan fingerprint density at radius 3 is 1.23 bits per heavy atom. The van der Waals surface area contributed by atoms with E-state index in [1.54, 1.807) is 39.0 Å². The molecule has 0 aromatic heterocycles. The zero-order valence-electron chi connectivity index (χ0n) is 24.4. The summed E-state index contributed by atoms with van der Waals surface area (Å²) in [6.45, 7) is 17.7. The zero-order chi connectivity index (χ0) is 30.3. The summed E-state index contributed by atoms with van der Waals surface area (Å²) in [6.07, 6.45) is 0. The van der Waals surface area contributed by atoms with Crippen molar-refractivity contribution < 1.29 is 18.3 Å². The van der Waals surface area contributed by atoms with Crippen LogP contribution in [0.25, 0.3) is 0 Å². The van der Waals surface area contributed by atoms with Gasteiger partial charge in [0.15, 0.2) is 0 Å². The first kappa shape index (κ1) is 34.9. The molecule has 0 radical (unpaired) electrons. The standard InChI is InChI=1S/C12H15ClO2.C10H12Cl2.C10H12F2/c1-12(2,3)10-8(11(14)15-4)6-5-7-9(10)13;2*1-10(2,3)9-7(11)5-4-6-8(9)12/h5-7H,1-4H3;2*4-6H,1-3H3. The van der Waals surface area contributed by atoms with E-state index in [1.807, 2.05) is 39.0 Å². The van der Waals surface area contributed by atoms with Gasteiger partial charge in [0.1, 0.15) is 11.6 Å². The molecule has 0 spiro atoms. The molecule has 0 N–H and O–H groups in total. The number of carbonyl (C=O) groups excluding carboxylic acids is 1. The fourth-order valence-electron chi connectivity index (χ4n) is 4.00. The van der Waals surface area contributed by atoms with E-state index in [4.69, 9.17) is 39.5 Å². The molecular weight excluding hydrogens is 561 g/mol. The van der Waals surface area contributed by atoms with Crippen LogP contribution in [0.2, 0.25) is 15.1 Å². The molecule has 0 aliphatic heterocycles. The van der Waals surface area contributed by atoms with Gasteiger partial charge in [-0.05, 0) is 63.8 Å². The van der Waals surface area contributed by atoms with E-state index in [9.17, 15) is 13.6 Å². The van der Waals surface area contributed by atoms with Crippen molar-refractivity contribution in [1.29, 1.82) is 0 Å². The van der Waals surface area contributed by atoms with Crippen molar-refractivity contribution in [3.63, 3.8) is 0 Å². The quantitative estimate of drug-likeness (QED) is 0.260. The fraction of sp³-hybridized carbons (Fsp3) is 0.406. The zero-order valence-corrected chi connectivity index (χ0v) is 26.7. The number of halogens is 5. The van der Waals surface area contributed by atoms with Crippen molar-refractivity contribution in [3.05, 3.63) is 104 Å². The summed E-state index contributed by atoms with van der Waals surface area (Å²) in [6, 6.07) is 14.8. The van der Waals surface area contributed by atoms with Crippen molar-refractivity contribution in [2.75, 3.05) is 7.11 Å². The summed E-state index contributed by atoms with van der Waals surface area (Å²) in [7, 11) is 1.37. The van der Waals surface area contributed by atoms with Crippen LogP contribution >= 0.6 is 34.8 Å². The van der Waals surface area contributed by atoms with Crippen LogP contribution in [-0.2, 0) is 21.0 Å². The molecule has 0 saturated carbocycles. The maximum Gasteiger partial charge on any atom is 0.338 e. The molecule has 39 heavy (non-hydrogen) atoms. The Hall–Kier alpha value is -2.14. The van der Waals surface area contributed by atoms with Crippen LogP contribution in [0, 0.1) is 11.6 Å². The molecule has 0 aliphatic carbocycles. The number of rotatable bonds is 1. The fourth-order valence-corrected chi connectivity index (χ4v) is 5.42. The predicted molar refractivity (Wildman–Crippen MR) is 162 cm³/mol. The number of hydrogen-bond donors (Lipinski definition) is 0. The van der Waals surface area contributed by atoms with E-state index < -0.39 is 17.0 Å². The second-order valence-corrected chi connectivity index (χ2v) is 13.3. The Labute approximate surface area is 247 Å². The number of methoxy groups -OCH3 is 1. The van der Waals surface area contributed by atoms with E-state index in [2.05, 4.69) is 20.8 Å². The first-order chi connectivity index (χ1) is 17.7. The first-order valence-corrected chi connectivity index (χ1v) is 13.6. The minimum atomic E-state index is -0.477. The SMILES string of the molecule is CC(C)(C)c1c(Cl)cccc1Cl.CC(C)(C)c1c(F)cccc1F.COC(=O)c1cccc(Cl)c1C(C)(C)C. The highest BCUT2D eigenvalue weighted by Gasteiger charge is 2.25. The highest BCUT2D eigenvalue weighted by Crippen LogP contribution is 2.35. The third-order valence-electron chi connectivity index (χ3n) is 5.59. The van der Waals surface area contributed by atoms with Crippen LogP contribution in [0.15, 0.2) is 54.6 Å². The largest absolute Gasteiger partial charge is 0.465 e. The van der Waals surface area contributed by atoms with Gasteiger partial charge in [-0.3, -0.25) is 0 Å². The van der Waals surface area contributed by atoms with Crippen LogP contribution in [0.1, 0.15) is 89.4 Å².